The predicted molar refractivity (Wildman–Crippen MR) is 82.2 cm³/mol. The van der Waals surface area contributed by atoms with E-state index in [1.165, 1.54) is 24.3 Å². The summed E-state index contributed by atoms with van der Waals surface area (Å²) in [4.78, 5) is 0. The van der Waals surface area contributed by atoms with E-state index in [4.69, 9.17) is 0 Å². The van der Waals surface area contributed by atoms with Crippen LogP contribution in [0.5, 0.6) is 0 Å². The molecule has 0 amide bonds. The van der Waals surface area contributed by atoms with Crippen LogP contribution in [0, 0.1) is 0 Å². The van der Waals surface area contributed by atoms with Crippen LogP contribution in [-0.2, 0) is 25.1 Å². The maximum atomic E-state index is 13.7. The van der Waals surface area contributed by atoms with Crippen molar-refractivity contribution in [2.24, 2.45) is 0 Å². The van der Waals surface area contributed by atoms with E-state index in [9.17, 15) is 24.6 Å². The van der Waals surface area contributed by atoms with E-state index in [-0.39, 0.29) is 16.8 Å². The van der Waals surface area contributed by atoms with Gasteiger partial charge in [0.2, 0.25) is 0 Å². The highest BCUT2D eigenvalue weighted by atomic mass is 32.3. The van der Waals surface area contributed by atoms with Gasteiger partial charge in [-0.05, 0) is 13.0 Å². The number of fused-ring (bicyclic) bond motifs is 1. The molecule has 0 bridgehead atoms. The zero-order chi connectivity index (χ0) is 17.4. The van der Waals surface area contributed by atoms with E-state index in [0.29, 0.717) is 9.36 Å². The molecule has 1 aromatic heterocycles. The Kier molecular flexibility index (Phi) is 4.31. The van der Waals surface area contributed by atoms with Gasteiger partial charge in [0, 0.05) is 17.0 Å². The number of benzene rings is 1. The van der Waals surface area contributed by atoms with E-state index >= 15 is 0 Å². The molecular weight excluding hydrogens is 352 g/mol. The van der Waals surface area contributed by atoms with Gasteiger partial charge in [0.05, 0.1) is 11.2 Å². The van der Waals surface area contributed by atoms with Crippen molar-refractivity contribution in [2.75, 3.05) is 0 Å². The standard InChI is InChI=1S/C13H11F2NO5S2/c1-3-10-11-6-4-5-7-12(11)16(22(14,17)18)13(10)8-9(2)21-23(15,19)20/h3-8H,1H2,2H3/b9-8+. The minimum Gasteiger partial charge on any atom is -0.363 e. The third-order valence-corrected chi connectivity index (χ3v) is 4.19. The smallest absolute Gasteiger partial charge is 0.363 e. The molecule has 0 spiro atoms. The summed E-state index contributed by atoms with van der Waals surface area (Å²) in [6.45, 7) is 4.61. The molecule has 0 saturated carbocycles. The molecular formula is C13H11F2NO5S2. The summed E-state index contributed by atoms with van der Waals surface area (Å²) in [7, 11) is -10.5. The van der Waals surface area contributed by atoms with Gasteiger partial charge in [-0.15, -0.1) is 0 Å². The van der Waals surface area contributed by atoms with Gasteiger partial charge < -0.3 is 4.18 Å². The number of allylic oxidation sites excluding steroid dienone is 1. The van der Waals surface area contributed by atoms with Gasteiger partial charge >= 0.3 is 20.9 Å². The van der Waals surface area contributed by atoms with Crippen molar-refractivity contribution in [3.63, 3.8) is 0 Å². The van der Waals surface area contributed by atoms with Gasteiger partial charge in [0.25, 0.3) is 0 Å². The molecule has 0 unspecified atom stereocenters. The number of aromatic nitrogens is 1. The molecule has 0 saturated heterocycles. The van der Waals surface area contributed by atoms with Gasteiger partial charge in [-0.3, -0.25) is 0 Å². The van der Waals surface area contributed by atoms with Crippen molar-refractivity contribution in [2.45, 2.75) is 6.92 Å². The van der Waals surface area contributed by atoms with Crippen LogP contribution in [0.25, 0.3) is 23.1 Å². The summed E-state index contributed by atoms with van der Waals surface area (Å²) < 4.78 is 74.5. The zero-order valence-electron chi connectivity index (χ0n) is 11.7. The molecule has 6 nitrogen and oxygen atoms in total. The normalized spacial score (nSPS) is 13.3. The molecule has 0 aliphatic heterocycles. The Morgan fingerprint density at radius 3 is 2.35 bits per heavy atom. The monoisotopic (exact) mass is 363 g/mol. The van der Waals surface area contributed by atoms with Crippen LogP contribution in [0.2, 0.25) is 0 Å². The van der Waals surface area contributed by atoms with Crippen molar-refractivity contribution >= 4 is 44.0 Å². The molecule has 0 fully saturated rings. The second kappa shape index (κ2) is 5.78. The Morgan fingerprint density at radius 1 is 1.22 bits per heavy atom. The minimum atomic E-state index is -5.29. The number of hydrogen-bond acceptors (Lipinski definition) is 5. The summed E-state index contributed by atoms with van der Waals surface area (Å²) in [6.07, 6.45) is 2.17. The molecule has 0 radical (unpaired) electrons. The Labute approximate surface area is 132 Å². The highest BCUT2D eigenvalue weighted by Crippen LogP contribution is 2.31. The largest absolute Gasteiger partial charge is 0.488 e. The molecule has 1 heterocycles. The lowest BCUT2D eigenvalue weighted by Crippen LogP contribution is -2.08. The third kappa shape index (κ3) is 3.59. The first-order valence-corrected chi connectivity index (χ1v) is 8.73. The Bertz CT molecular complexity index is 1020. The molecule has 0 N–H and O–H groups in total. The molecule has 23 heavy (non-hydrogen) atoms. The number of nitrogens with zero attached hydrogens (tertiary/aromatic N) is 1. The van der Waals surface area contributed by atoms with Crippen LogP contribution in [0.15, 0.2) is 36.6 Å². The molecule has 0 aliphatic carbocycles. The molecule has 1 aromatic carbocycles. The van der Waals surface area contributed by atoms with E-state index < -0.39 is 26.7 Å². The van der Waals surface area contributed by atoms with Gasteiger partial charge in [-0.2, -0.15) is 16.8 Å². The van der Waals surface area contributed by atoms with Crippen LogP contribution in [0.1, 0.15) is 18.2 Å². The molecule has 2 aromatic rings. The maximum Gasteiger partial charge on any atom is 0.488 e. The first kappa shape index (κ1) is 17.2. The van der Waals surface area contributed by atoms with Gasteiger partial charge in [0.1, 0.15) is 5.76 Å². The van der Waals surface area contributed by atoms with E-state index in [1.54, 1.807) is 6.07 Å². The average molecular weight is 363 g/mol. The van der Waals surface area contributed by atoms with Gasteiger partial charge in [-0.1, -0.05) is 38.6 Å². The van der Waals surface area contributed by atoms with Crippen LogP contribution in [0.4, 0.5) is 7.77 Å². The van der Waals surface area contributed by atoms with Crippen molar-refractivity contribution in [3.05, 3.63) is 47.9 Å². The fourth-order valence-electron chi connectivity index (χ4n) is 2.22. The van der Waals surface area contributed by atoms with Gasteiger partial charge in [0.15, 0.2) is 0 Å². The quantitative estimate of drug-likeness (QED) is 0.602. The first-order valence-electron chi connectivity index (χ1n) is 6.08. The summed E-state index contributed by atoms with van der Waals surface area (Å²) >= 11 is 0. The SMILES string of the molecule is C=Cc1c(/C=C(\C)OS(=O)(=O)F)n(S(=O)(=O)F)c2ccccc12. The lowest BCUT2D eigenvalue weighted by Gasteiger charge is -2.04. The van der Waals surface area contributed by atoms with Crippen LogP contribution in [-0.4, -0.2) is 20.8 Å². The summed E-state index contributed by atoms with van der Waals surface area (Å²) in [5.41, 5.74) is -0.00191. The molecule has 124 valence electrons. The fraction of sp³-hybridized carbons (Fsp3) is 0.0769. The fourth-order valence-corrected chi connectivity index (χ4v) is 3.36. The van der Waals surface area contributed by atoms with Crippen LogP contribution >= 0.6 is 0 Å². The number of halogens is 2. The van der Waals surface area contributed by atoms with Crippen molar-refractivity contribution < 1.29 is 28.8 Å². The molecule has 0 atom stereocenters. The van der Waals surface area contributed by atoms with Crippen molar-refractivity contribution in [1.82, 2.24) is 3.97 Å². The number of hydrogen-bond donors (Lipinski definition) is 0. The number of rotatable bonds is 5. The molecule has 0 aliphatic rings. The molecule has 2 rings (SSSR count). The third-order valence-electron chi connectivity index (χ3n) is 2.90. The van der Waals surface area contributed by atoms with Crippen molar-refractivity contribution in [3.8, 4) is 0 Å². The Balaban J connectivity index is 2.86. The van der Waals surface area contributed by atoms with Crippen LogP contribution in [0.3, 0.4) is 0 Å². The second-order valence-electron chi connectivity index (χ2n) is 4.46. The van der Waals surface area contributed by atoms with Gasteiger partial charge in [-0.25, -0.2) is 3.97 Å². The minimum absolute atomic E-state index is 0.0204. The first-order chi connectivity index (χ1) is 10.5. The summed E-state index contributed by atoms with van der Waals surface area (Å²) in [6, 6.07) is 6.00. The van der Waals surface area contributed by atoms with E-state index in [2.05, 4.69) is 10.8 Å². The highest BCUT2D eigenvalue weighted by Gasteiger charge is 2.23. The Hall–Kier alpha value is -2.20. The lowest BCUT2D eigenvalue weighted by atomic mass is 10.1. The summed E-state index contributed by atoms with van der Waals surface area (Å²) in [5, 5.41) is 0.367. The van der Waals surface area contributed by atoms with E-state index in [1.807, 2.05) is 0 Å². The van der Waals surface area contributed by atoms with Crippen LogP contribution < -0.4 is 0 Å². The molecule has 10 heteroatoms. The lowest BCUT2D eigenvalue weighted by molar-refractivity contribution is 0.375. The Morgan fingerprint density at radius 2 is 1.83 bits per heavy atom. The average Bonchev–Trinajstić information content (AvgIpc) is 2.68. The zero-order valence-corrected chi connectivity index (χ0v) is 13.4. The van der Waals surface area contributed by atoms with Crippen molar-refractivity contribution in [1.29, 1.82) is 0 Å². The topological polar surface area (TPSA) is 82.4 Å². The number of para-hydroxylation sites is 1. The highest BCUT2D eigenvalue weighted by molar-refractivity contribution is 7.85. The second-order valence-corrected chi connectivity index (χ2v) is 6.60. The maximum absolute atomic E-state index is 13.7. The summed E-state index contributed by atoms with van der Waals surface area (Å²) in [5.74, 6) is -0.483. The van der Waals surface area contributed by atoms with E-state index in [0.717, 1.165) is 13.0 Å². The predicted octanol–water partition coefficient (Wildman–Crippen LogP) is 2.94.